The van der Waals surface area contributed by atoms with Gasteiger partial charge in [0.2, 0.25) is 5.91 Å². The minimum Gasteiger partial charge on any atom is -0.491 e. The summed E-state index contributed by atoms with van der Waals surface area (Å²) >= 11 is 0. The number of aryl methyl sites for hydroxylation is 2. The first-order valence-electron chi connectivity index (χ1n) is 7.77. The zero-order chi connectivity index (χ0) is 16.8. The average Bonchev–Trinajstić information content (AvgIpc) is 2.53. The zero-order valence-electron chi connectivity index (χ0n) is 14.3. The van der Waals surface area contributed by atoms with Gasteiger partial charge in [-0.15, -0.1) is 12.4 Å². The quantitative estimate of drug-likeness (QED) is 0.841. The van der Waals surface area contributed by atoms with Crippen LogP contribution < -0.4 is 15.8 Å². The van der Waals surface area contributed by atoms with Crippen molar-refractivity contribution in [2.45, 2.75) is 32.9 Å². The molecule has 1 amide bonds. The smallest absolute Gasteiger partial charge is 0.241 e. The van der Waals surface area contributed by atoms with Gasteiger partial charge < -0.3 is 15.8 Å². The number of hydrogen-bond donors (Lipinski definition) is 2. The molecule has 2 unspecified atom stereocenters. The number of carbonyl (C=O) groups is 1. The highest BCUT2D eigenvalue weighted by Crippen LogP contribution is 2.14. The number of hydrogen-bond acceptors (Lipinski definition) is 3. The lowest BCUT2D eigenvalue weighted by molar-refractivity contribution is -0.123. The van der Waals surface area contributed by atoms with Crippen LogP contribution in [0.15, 0.2) is 48.5 Å². The number of benzene rings is 2. The molecule has 130 valence electrons. The highest BCUT2D eigenvalue weighted by Gasteiger charge is 2.17. The highest BCUT2D eigenvalue weighted by atomic mass is 35.5. The van der Waals surface area contributed by atoms with Crippen LogP contribution in [0.5, 0.6) is 5.75 Å². The Bertz CT molecular complexity index is 659. The molecule has 0 radical (unpaired) electrons. The Morgan fingerprint density at radius 2 is 1.79 bits per heavy atom. The Kier molecular flexibility index (Phi) is 7.75. The molecule has 2 atom stereocenters. The molecular formula is C19H25ClN2O2. The third kappa shape index (κ3) is 5.87. The Balaban J connectivity index is 0.00000288. The van der Waals surface area contributed by atoms with Crippen molar-refractivity contribution in [2.24, 2.45) is 5.73 Å². The molecule has 5 heteroatoms. The predicted octanol–water partition coefficient (Wildman–Crippen LogP) is 3.31. The fraction of sp³-hybridized carbons (Fsp3) is 0.316. The van der Waals surface area contributed by atoms with Crippen LogP contribution in [0.25, 0.3) is 0 Å². The number of halogens is 1. The molecule has 0 heterocycles. The molecular weight excluding hydrogens is 324 g/mol. The van der Waals surface area contributed by atoms with Gasteiger partial charge in [-0.3, -0.25) is 4.79 Å². The summed E-state index contributed by atoms with van der Waals surface area (Å²) in [6.07, 6.45) is 0. The molecule has 0 bridgehead atoms. The number of nitrogens with one attached hydrogen (secondary N) is 1. The molecule has 0 saturated heterocycles. The van der Waals surface area contributed by atoms with Gasteiger partial charge in [0, 0.05) is 0 Å². The van der Waals surface area contributed by atoms with E-state index in [1.165, 1.54) is 0 Å². The minimum absolute atomic E-state index is 0. The molecule has 2 rings (SSSR count). The molecule has 24 heavy (non-hydrogen) atoms. The third-order valence-electron chi connectivity index (χ3n) is 3.60. The topological polar surface area (TPSA) is 64.4 Å². The second kappa shape index (κ2) is 9.30. The summed E-state index contributed by atoms with van der Waals surface area (Å²) in [5, 5.41) is 2.89. The monoisotopic (exact) mass is 348 g/mol. The van der Waals surface area contributed by atoms with Gasteiger partial charge in [-0.1, -0.05) is 42.0 Å². The Morgan fingerprint density at radius 3 is 2.42 bits per heavy atom. The summed E-state index contributed by atoms with van der Waals surface area (Å²) in [6, 6.07) is 14.7. The number of ether oxygens (including phenoxy) is 1. The van der Waals surface area contributed by atoms with E-state index in [0.717, 1.165) is 22.4 Å². The standard InChI is InChI=1S/C19H24N2O2.ClH/c1-13-7-9-16(10-8-13)18(20)19(22)21-15(3)12-23-17-6-4-5-14(2)11-17;/h4-11,15,18H,12,20H2,1-3H3,(H,21,22);1H. The van der Waals surface area contributed by atoms with Crippen LogP contribution in [0.2, 0.25) is 0 Å². The molecule has 3 N–H and O–H groups in total. The summed E-state index contributed by atoms with van der Waals surface area (Å²) in [5.41, 5.74) is 9.10. The van der Waals surface area contributed by atoms with Crippen LogP contribution in [-0.4, -0.2) is 18.6 Å². The molecule has 2 aromatic rings. The third-order valence-corrected chi connectivity index (χ3v) is 3.60. The van der Waals surface area contributed by atoms with E-state index in [4.69, 9.17) is 10.5 Å². The fourth-order valence-corrected chi connectivity index (χ4v) is 2.23. The van der Waals surface area contributed by atoms with Crippen molar-refractivity contribution in [2.75, 3.05) is 6.61 Å². The van der Waals surface area contributed by atoms with E-state index >= 15 is 0 Å². The van der Waals surface area contributed by atoms with Crippen molar-refractivity contribution in [1.82, 2.24) is 5.32 Å². The minimum atomic E-state index is -0.669. The number of rotatable bonds is 6. The van der Waals surface area contributed by atoms with Crippen molar-refractivity contribution in [1.29, 1.82) is 0 Å². The average molecular weight is 349 g/mol. The van der Waals surface area contributed by atoms with E-state index in [1.807, 2.05) is 69.3 Å². The fourth-order valence-electron chi connectivity index (χ4n) is 2.23. The Labute approximate surface area is 149 Å². The van der Waals surface area contributed by atoms with Crippen LogP contribution in [-0.2, 0) is 4.79 Å². The summed E-state index contributed by atoms with van der Waals surface area (Å²) in [5.74, 6) is 0.600. The van der Waals surface area contributed by atoms with E-state index in [-0.39, 0.29) is 24.4 Å². The molecule has 0 fully saturated rings. The van der Waals surface area contributed by atoms with Crippen molar-refractivity contribution in [3.05, 3.63) is 65.2 Å². The zero-order valence-corrected chi connectivity index (χ0v) is 15.1. The van der Waals surface area contributed by atoms with Gasteiger partial charge in [0.1, 0.15) is 18.4 Å². The second-order valence-electron chi connectivity index (χ2n) is 5.93. The maximum Gasteiger partial charge on any atom is 0.241 e. The lowest BCUT2D eigenvalue weighted by Gasteiger charge is -2.18. The SMILES string of the molecule is Cc1ccc(C(N)C(=O)NC(C)COc2cccc(C)c2)cc1.Cl. The molecule has 0 aliphatic heterocycles. The molecule has 2 aromatic carbocycles. The van der Waals surface area contributed by atoms with Crippen LogP contribution in [0, 0.1) is 13.8 Å². The maximum absolute atomic E-state index is 12.2. The van der Waals surface area contributed by atoms with Crippen LogP contribution in [0.3, 0.4) is 0 Å². The van der Waals surface area contributed by atoms with Gasteiger partial charge >= 0.3 is 0 Å². The lowest BCUT2D eigenvalue weighted by Crippen LogP contribution is -2.42. The molecule has 0 aliphatic rings. The van der Waals surface area contributed by atoms with Crippen molar-refractivity contribution >= 4 is 18.3 Å². The Hall–Kier alpha value is -2.04. The van der Waals surface area contributed by atoms with E-state index in [2.05, 4.69) is 5.32 Å². The predicted molar refractivity (Wildman–Crippen MR) is 99.6 cm³/mol. The van der Waals surface area contributed by atoms with Crippen LogP contribution in [0.1, 0.15) is 29.7 Å². The second-order valence-corrected chi connectivity index (χ2v) is 5.93. The van der Waals surface area contributed by atoms with E-state index in [1.54, 1.807) is 0 Å². The largest absolute Gasteiger partial charge is 0.491 e. The van der Waals surface area contributed by atoms with E-state index < -0.39 is 6.04 Å². The van der Waals surface area contributed by atoms with Crippen LogP contribution >= 0.6 is 12.4 Å². The first-order valence-corrected chi connectivity index (χ1v) is 7.77. The van der Waals surface area contributed by atoms with Gasteiger partial charge in [0.25, 0.3) is 0 Å². The molecule has 0 aliphatic carbocycles. The summed E-state index contributed by atoms with van der Waals surface area (Å²) in [6.45, 7) is 6.31. The van der Waals surface area contributed by atoms with E-state index in [0.29, 0.717) is 6.61 Å². The van der Waals surface area contributed by atoms with E-state index in [9.17, 15) is 4.79 Å². The molecule has 0 spiro atoms. The van der Waals surface area contributed by atoms with Gasteiger partial charge in [-0.2, -0.15) is 0 Å². The summed E-state index contributed by atoms with van der Waals surface area (Å²) in [4.78, 5) is 12.2. The summed E-state index contributed by atoms with van der Waals surface area (Å²) in [7, 11) is 0. The van der Waals surface area contributed by atoms with Crippen molar-refractivity contribution in [3.63, 3.8) is 0 Å². The van der Waals surface area contributed by atoms with Crippen LogP contribution in [0.4, 0.5) is 0 Å². The lowest BCUT2D eigenvalue weighted by atomic mass is 10.1. The van der Waals surface area contributed by atoms with Crippen molar-refractivity contribution < 1.29 is 9.53 Å². The van der Waals surface area contributed by atoms with Gasteiger partial charge in [0.05, 0.1) is 6.04 Å². The maximum atomic E-state index is 12.2. The number of amides is 1. The van der Waals surface area contributed by atoms with Gasteiger partial charge in [0.15, 0.2) is 0 Å². The number of nitrogens with two attached hydrogens (primary N) is 1. The van der Waals surface area contributed by atoms with Gasteiger partial charge in [-0.25, -0.2) is 0 Å². The molecule has 0 aromatic heterocycles. The Morgan fingerprint density at radius 1 is 1.12 bits per heavy atom. The van der Waals surface area contributed by atoms with Crippen molar-refractivity contribution in [3.8, 4) is 5.75 Å². The highest BCUT2D eigenvalue weighted by molar-refractivity contribution is 5.85. The number of carbonyl (C=O) groups excluding carboxylic acids is 1. The first-order chi connectivity index (χ1) is 11.0. The molecule has 4 nitrogen and oxygen atoms in total. The molecule has 0 saturated carbocycles. The summed E-state index contributed by atoms with van der Waals surface area (Å²) < 4.78 is 5.70. The van der Waals surface area contributed by atoms with Gasteiger partial charge in [-0.05, 0) is 44.0 Å². The first kappa shape index (κ1) is 20.0. The normalized spacial score (nSPS) is 12.7.